The quantitative estimate of drug-likeness (QED) is 0.576. The van der Waals surface area contributed by atoms with Gasteiger partial charge >= 0.3 is 0 Å². The summed E-state index contributed by atoms with van der Waals surface area (Å²) in [7, 11) is 0. The molecule has 3 rings (SSSR count). The van der Waals surface area contributed by atoms with Crippen LogP contribution in [0.4, 0.5) is 5.69 Å². The topological polar surface area (TPSA) is 61.0 Å². The molecule has 0 unspecified atom stereocenters. The third-order valence-corrected chi connectivity index (χ3v) is 5.23. The van der Waals surface area contributed by atoms with Gasteiger partial charge in [-0.15, -0.1) is 0 Å². The van der Waals surface area contributed by atoms with Gasteiger partial charge in [-0.1, -0.05) is 12.1 Å². The van der Waals surface area contributed by atoms with Gasteiger partial charge in [0.2, 0.25) is 0 Å². The molecule has 0 spiro atoms. The minimum atomic E-state index is -0.342. The van der Waals surface area contributed by atoms with Gasteiger partial charge in [0.05, 0.1) is 16.2 Å². The highest BCUT2D eigenvalue weighted by atomic mass is 16.6. The highest BCUT2D eigenvalue weighted by Gasteiger charge is 2.25. The molecule has 134 valence electrons. The van der Waals surface area contributed by atoms with Gasteiger partial charge in [-0.2, -0.15) is 5.10 Å². The predicted molar refractivity (Wildman–Crippen MR) is 98.7 cm³/mol. The van der Waals surface area contributed by atoms with Crippen LogP contribution in [-0.4, -0.2) is 14.7 Å². The first-order valence-electron chi connectivity index (χ1n) is 9.12. The van der Waals surface area contributed by atoms with E-state index >= 15 is 0 Å². The monoisotopic (exact) mass is 341 g/mol. The zero-order valence-corrected chi connectivity index (χ0v) is 15.3. The molecule has 0 aliphatic heterocycles. The van der Waals surface area contributed by atoms with Crippen LogP contribution in [-0.2, 0) is 12.0 Å². The van der Waals surface area contributed by atoms with Crippen LogP contribution in [0.25, 0.3) is 0 Å². The van der Waals surface area contributed by atoms with Crippen LogP contribution in [0, 0.1) is 16.0 Å². The van der Waals surface area contributed by atoms with Crippen molar-refractivity contribution in [3.05, 3.63) is 57.9 Å². The number of rotatable bonds is 4. The molecule has 2 aromatic rings. The van der Waals surface area contributed by atoms with Crippen LogP contribution in [0.1, 0.15) is 63.6 Å². The second-order valence-electron chi connectivity index (χ2n) is 8.20. The Bertz CT molecular complexity index is 720. The standard InChI is InChI=1S/C20H27N3O2/c1-20(2,3)22-13-12-19(21-22)17-8-4-15(5-9-17)14-16-6-10-18(11-7-16)23(24)25/h6-7,10-13,15,17H,4-5,8-9,14H2,1-3H3. The zero-order chi connectivity index (χ0) is 18.0. The first-order valence-corrected chi connectivity index (χ1v) is 9.12. The van der Waals surface area contributed by atoms with Crippen LogP contribution < -0.4 is 0 Å². The number of hydrogen-bond acceptors (Lipinski definition) is 3. The third kappa shape index (κ3) is 4.27. The fourth-order valence-electron chi connectivity index (χ4n) is 3.68. The van der Waals surface area contributed by atoms with E-state index in [0.29, 0.717) is 11.8 Å². The Kier molecular flexibility index (Phi) is 4.93. The SMILES string of the molecule is CC(C)(C)n1ccc(C2CCC(Cc3ccc([N+](=O)[O-])cc3)CC2)n1. The van der Waals surface area contributed by atoms with Gasteiger partial charge in [0.15, 0.2) is 0 Å². The lowest BCUT2D eigenvalue weighted by Crippen LogP contribution is -2.23. The molecule has 0 N–H and O–H groups in total. The van der Waals surface area contributed by atoms with E-state index in [9.17, 15) is 10.1 Å². The maximum atomic E-state index is 10.7. The van der Waals surface area contributed by atoms with E-state index in [0.717, 1.165) is 6.42 Å². The molecule has 0 radical (unpaired) electrons. The maximum Gasteiger partial charge on any atom is 0.269 e. The molecule has 0 amide bonds. The Labute approximate surface area is 149 Å². The van der Waals surface area contributed by atoms with E-state index in [1.54, 1.807) is 12.1 Å². The Morgan fingerprint density at radius 2 is 1.76 bits per heavy atom. The summed E-state index contributed by atoms with van der Waals surface area (Å²) in [5, 5.41) is 15.5. The van der Waals surface area contributed by atoms with Crippen molar-refractivity contribution < 1.29 is 4.92 Å². The molecule has 25 heavy (non-hydrogen) atoms. The second-order valence-corrected chi connectivity index (χ2v) is 8.20. The first-order chi connectivity index (χ1) is 11.8. The molecular weight excluding hydrogens is 314 g/mol. The first kappa shape index (κ1) is 17.6. The number of nitro benzene ring substituents is 1. The van der Waals surface area contributed by atoms with Crippen molar-refractivity contribution in [2.45, 2.75) is 64.3 Å². The number of nitrogens with zero attached hydrogens (tertiary/aromatic N) is 3. The number of nitro groups is 1. The van der Waals surface area contributed by atoms with Gasteiger partial charge < -0.3 is 0 Å². The number of benzene rings is 1. The van der Waals surface area contributed by atoms with Gasteiger partial charge in [-0.25, -0.2) is 0 Å². The van der Waals surface area contributed by atoms with Crippen molar-refractivity contribution in [1.82, 2.24) is 9.78 Å². The fraction of sp³-hybridized carbons (Fsp3) is 0.550. The molecule has 1 heterocycles. The Morgan fingerprint density at radius 1 is 1.12 bits per heavy atom. The zero-order valence-electron chi connectivity index (χ0n) is 15.3. The summed E-state index contributed by atoms with van der Waals surface area (Å²) in [6.45, 7) is 6.51. The van der Waals surface area contributed by atoms with Crippen LogP contribution in [0.3, 0.4) is 0 Å². The summed E-state index contributed by atoms with van der Waals surface area (Å²) < 4.78 is 2.06. The highest BCUT2D eigenvalue weighted by molar-refractivity contribution is 5.33. The number of non-ortho nitro benzene ring substituents is 1. The molecule has 1 saturated carbocycles. The van der Waals surface area contributed by atoms with Crippen molar-refractivity contribution >= 4 is 5.69 Å². The lowest BCUT2D eigenvalue weighted by Gasteiger charge is -2.28. The summed E-state index contributed by atoms with van der Waals surface area (Å²) >= 11 is 0. The number of hydrogen-bond donors (Lipinski definition) is 0. The summed E-state index contributed by atoms with van der Waals surface area (Å²) in [4.78, 5) is 10.4. The molecule has 5 nitrogen and oxygen atoms in total. The Hall–Kier alpha value is -2.17. The van der Waals surface area contributed by atoms with E-state index < -0.39 is 0 Å². The molecule has 1 aliphatic rings. The minimum Gasteiger partial charge on any atom is -0.267 e. The van der Waals surface area contributed by atoms with Crippen LogP contribution >= 0.6 is 0 Å². The molecule has 1 fully saturated rings. The number of aromatic nitrogens is 2. The average molecular weight is 341 g/mol. The van der Waals surface area contributed by atoms with E-state index in [2.05, 4.69) is 37.7 Å². The maximum absolute atomic E-state index is 10.7. The van der Waals surface area contributed by atoms with Crippen molar-refractivity contribution in [1.29, 1.82) is 0 Å². The second kappa shape index (κ2) is 6.98. The lowest BCUT2D eigenvalue weighted by molar-refractivity contribution is -0.384. The van der Waals surface area contributed by atoms with Crippen LogP contribution in [0.2, 0.25) is 0 Å². The molecular formula is C20H27N3O2. The van der Waals surface area contributed by atoms with E-state index in [1.807, 2.05) is 12.1 Å². The molecule has 1 aromatic heterocycles. The van der Waals surface area contributed by atoms with Crippen molar-refractivity contribution in [2.24, 2.45) is 5.92 Å². The van der Waals surface area contributed by atoms with Crippen LogP contribution in [0.15, 0.2) is 36.5 Å². The fourth-order valence-corrected chi connectivity index (χ4v) is 3.68. The Balaban J connectivity index is 1.55. The molecule has 5 heteroatoms. The van der Waals surface area contributed by atoms with Crippen molar-refractivity contribution in [2.75, 3.05) is 0 Å². The van der Waals surface area contributed by atoms with E-state index in [4.69, 9.17) is 5.10 Å². The van der Waals surface area contributed by atoms with Crippen molar-refractivity contribution in [3.63, 3.8) is 0 Å². The summed E-state index contributed by atoms with van der Waals surface area (Å²) in [5.74, 6) is 1.24. The molecule has 0 saturated heterocycles. The molecule has 0 bridgehead atoms. The Morgan fingerprint density at radius 3 is 2.28 bits per heavy atom. The summed E-state index contributed by atoms with van der Waals surface area (Å²) in [5.41, 5.74) is 2.63. The van der Waals surface area contributed by atoms with Gasteiger partial charge in [-0.05, 0) is 70.4 Å². The van der Waals surface area contributed by atoms with Gasteiger partial charge in [0.1, 0.15) is 0 Å². The van der Waals surface area contributed by atoms with E-state index in [-0.39, 0.29) is 16.1 Å². The summed E-state index contributed by atoms with van der Waals surface area (Å²) in [6, 6.07) is 9.19. The smallest absolute Gasteiger partial charge is 0.267 e. The average Bonchev–Trinajstić information content (AvgIpc) is 3.06. The molecule has 0 atom stereocenters. The molecule has 1 aliphatic carbocycles. The van der Waals surface area contributed by atoms with Crippen LogP contribution in [0.5, 0.6) is 0 Å². The minimum absolute atomic E-state index is 0.0331. The van der Waals surface area contributed by atoms with Gasteiger partial charge in [0, 0.05) is 24.2 Å². The molecule has 1 aromatic carbocycles. The third-order valence-electron chi connectivity index (χ3n) is 5.23. The predicted octanol–water partition coefficient (Wildman–Crippen LogP) is 5.06. The largest absolute Gasteiger partial charge is 0.269 e. The van der Waals surface area contributed by atoms with Crippen molar-refractivity contribution in [3.8, 4) is 0 Å². The van der Waals surface area contributed by atoms with E-state index in [1.165, 1.54) is 36.9 Å². The van der Waals surface area contributed by atoms with Gasteiger partial charge in [-0.3, -0.25) is 14.8 Å². The van der Waals surface area contributed by atoms with Gasteiger partial charge in [0.25, 0.3) is 5.69 Å². The summed E-state index contributed by atoms with van der Waals surface area (Å²) in [6.07, 6.45) is 7.87. The highest BCUT2D eigenvalue weighted by Crippen LogP contribution is 2.36. The normalized spacial score (nSPS) is 21.2. The lowest BCUT2D eigenvalue weighted by atomic mass is 9.78.